The van der Waals surface area contributed by atoms with Crippen LogP contribution in [0.4, 0.5) is 24.5 Å². The lowest BCUT2D eigenvalue weighted by atomic mass is 10.1. The number of primary sulfonamides is 1. The van der Waals surface area contributed by atoms with Gasteiger partial charge in [0.1, 0.15) is 6.61 Å². The molecule has 1 aromatic heterocycles. The van der Waals surface area contributed by atoms with E-state index in [1.54, 1.807) is 48.5 Å². The van der Waals surface area contributed by atoms with Gasteiger partial charge in [-0.2, -0.15) is 13.2 Å². The third-order valence-electron chi connectivity index (χ3n) is 5.65. The molecular weight excluding hydrogens is 525 g/mol. The van der Waals surface area contributed by atoms with Crippen LogP contribution >= 0.6 is 0 Å². The van der Waals surface area contributed by atoms with Gasteiger partial charge in [-0.3, -0.25) is 19.6 Å². The number of hydroxylamine groups is 1. The number of pyridine rings is 1. The number of hydrogen-bond acceptors (Lipinski definition) is 8. The first kappa shape index (κ1) is 27.2. The molecule has 0 spiro atoms. The van der Waals surface area contributed by atoms with Crippen molar-refractivity contribution in [3.05, 3.63) is 90.3 Å². The number of benzene rings is 2. The molecule has 2 aromatic carbocycles. The van der Waals surface area contributed by atoms with Crippen molar-refractivity contribution in [1.29, 1.82) is 0 Å². The third-order valence-corrected chi connectivity index (χ3v) is 6.83. The van der Waals surface area contributed by atoms with Crippen molar-refractivity contribution in [2.24, 2.45) is 10.1 Å². The first-order chi connectivity index (χ1) is 18.0. The van der Waals surface area contributed by atoms with Gasteiger partial charge in [0.15, 0.2) is 5.25 Å². The minimum atomic E-state index is -4.86. The first-order valence-electron chi connectivity index (χ1n) is 11.3. The smallest absolute Gasteiger partial charge is 0.421 e. The van der Waals surface area contributed by atoms with Gasteiger partial charge in [0.2, 0.25) is 16.1 Å². The van der Waals surface area contributed by atoms with Gasteiger partial charge >= 0.3 is 12.1 Å². The Morgan fingerprint density at radius 1 is 1.05 bits per heavy atom. The van der Waals surface area contributed by atoms with E-state index in [9.17, 15) is 26.4 Å². The number of aliphatic imine (C=N–C) groups is 1. The van der Waals surface area contributed by atoms with E-state index in [-0.39, 0.29) is 23.5 Å². The van der Waals surface area contributed by atoms with Gasteiger partial charge in [0.05, 0.1) is 17.4 Å². The number of carbonyl (C=O) groups is 1. The Bertz CT molecular complexity index is 1390. The largest absolute Gasteiger partial charge is 0.460 e. The Kier molecular flexibility index (Phi) is 8.09. The average molecular weight is 549 g/mol. The van der Waals surface area contributed by atoms with Crippen LogP contribution in [0, 0.1) is 0 Å². The Hall–Kier alpha value is -3.81. The van der Waals surface area contributed by atoms with Gasteiger partial charge in [0, 0.05) is 30.6 Å². The second-order valence-corrected chi connectivity index (χ2v) is 10.1. The molecule has 3 aromatic rings. The molecule has 0 bridgehead atoms. The van der Waals surface area contributed by atoms with Crippen LogP contribution in [0.1, 0.15) is 23.7 Å². The zero-order valence-corrected chi connectivity index (χ0v) is 20.5. The van der Waals surface area contributed by atoms with E-state index >= 15 is 0 Å². The van der Waals surface area contributed by atoms with E-state index in [0.29, 0.717) is 5.56 Å². The number of anilines is 1. The predicted molar refractivity (Wildman–Crippen MR) is 133 cm³/mol. The summed E-state index contributed by atoms with van der Waals surface area (Å²) in [6, 6.07) is 16.1. The van der Waals surface area contributed by atoms with Crippen LogP contribution in [0.2, 0.25) is 0 Å². The summed E-state index contributed by atoms with van der Waals surface area (Å²) in [5, 5.41) is 4.35. The number of sulfonamides is 1. The maximum Gasteiger partial charge on any atom is 0.421 e. The van der Waals surface area contributed by atoms with Crippen molar-refractivity contribution in [1.82, 2.24) is 4.98 Å². The maximum absolute atomic E-state index is 14.1. The highest BCUT2D eigenvalue weighted by Gasteiger charge is 2.46. The fourth-order valence-corrected chi connectivity index (χ4v) is 4.62. The molecule has 1 aliphatic heterocycles. The van der Waals surface area contributed by atoms with E-state index in [1.807, 2.05) is 0 Å². The molecule has 3 unspecified atom stereocenters. The van der Waals surface area contributed by atoms with Crippen LogP contribution < -0.4 is 10.2 Å². The Morgan fingerprint density at radius 2 is 1.76 bits per heavy atom. The second-order valence-electron chi connectivity index (χ2n) is 8.38. The monoisotopic (exact) mass is 548 g/mol. The topological polar surface area (TPSA) is 124 Å². The van der Waals surface area contributed by atoms with Crippen molar-refractivity contribution in [2.75, 3.05) is 5.06 Å². The fraction of sp³-hybridized carbons (Fsp3) is 0.240. The van der Waals surface area contributed by atoms with Crippen LogP contribution in [0.5, 0.6) is 0 Å². The van der Waals surface area contributed by atoms with Crippen molar-refractivity contribution in [3.63, 3.8) is 0 Å². The summed E-state index contributed by atoms with van der Waals surface area (Å²) in [4.78, 5) is 26.3. The molecule has 200 valence electrons. The van der Waals surface area contributed by atoms with Gasteiger partial charge in [-0.05, 0) is 23.8 Å². The number of carbonyl (C=O) groups excluding carboxylic acids is 1. The number of alkyl halides is 3. The number of fused-ring (bicyclic) bond motifs is 1. The molecule has 0 saturated carbocycles. The molecular formula is C25H23F3N4O5S. The van der Waals surface area contributed by atoms with Crippen LogP contribution in [0.15, 0.2) is 84.1 Å². The molecule has 0 fully saturated rings. The predicted octanol–water partition coefficient (Wildman–Crippen LogP) is 4.00. The van der Waals surface area contributed by atoms with Crippen LogP contribution in [-0.2, 0) is 31.0 Å². The highest BCUT2D eigenvalue weighted by Crippen LogP contribution is 2.41. The number of halogens is 3. The minimum Gasteiger partial charge on any atom is -0.460 e. The highest BCUT2D eigenvalue weighted by atomic mass is 32.2. The minimum absolute atomic E-state index is 0.143. The fourth-order valence-electron chi connectivity index (χ4n) is 3.82. The molecule has 2 N–H and O–H groups in total. The lowest BCUT2D eigenvalue weighted by Gasteiger charge is -2.37. The Labute approximate surface area is 216 Å². The summed E-state index contributed by atoms with van der Waals surface area (Å²) in [7, 11) is -4.53. The number of hydrogen-bond donors (Lipinski definition) is 1. The molecule has 13 heteroatoms. The normalized spacial score (nSPS) is 16.9. The number of rotatable bonds is 9. The quantitative estimate of drug-likeness (QED) is 0.401. The van der Waals surface area contributed by atoms with Crippen molar-refractivity contribution < 1.29 is 36.0 Å². The molecule has 4 rings (SSSR count). The zero-order valence-electron chi connectivity index (χ0n) is 19.7. The molecule has 0 radical (unpaired) electrons. The molecule has 3 atom stereocenters. The number of nitrogens with two attached hydrogens (primary N) is 1. The van der Waals surface area contributed by atoms with E-state index in [4.69, 9.17) is 14.7 Å². The molecule has 2 heterocycles. The van der Waals surface area contributed by atoms with Gasteiger partial charge in [-0.15, -0.1) is 0 Å². The SMILES string of the molecule is NS(=O)(=O)C(CC1C=Nc2ccccc2N1OC(c1cccnc1)C(F)(F)F)C(=O)OCc1ccccc1. The van der Waals surface area contributed by atoms with E-state index in [2.05, 4.69) is 9.98 Å². The van der Waals surface area contributed by atoms with Gasteiger partial charge in [-0.25, -0.2) is 18.6 Å². The summed E-state index contributed by atoms with van der Waals surface area (Å²) < 4.78 is 72.3. The lowest BCUT2D eigenvalue weighted by molar-refractivity contribution is -0.229. The third kappa shape index (κ3) is 6.54. The number of aromatic nitrogens is 1. The molecule has 9 nitrogen and oxygen atoms in total. The van der Waals surface area contributed by atoms with Gasteiger partial charge in [0.25, 0.3) is 0 Å². The summed E-state index contributed by atoms with van der Waals surface area (Å²) in [5.41, 5.74) is 0.763. The van der Waals surface area contributed by atoms with Crippen molar-refractivity contribution >= 4 is 33.6 Å². The Balaban J connectivity index is 1.64. The number of para-hydroxylation sites is 2. The zero-order chi connectivity index (χ0) is 27.3. The number of ether oxygens (including phenoxy) is 1. The lowest BCUT2D eigenvalue weighted by Crippen LogP contribution is -2.47. The first-order valence-corrected chi connectivity index (χ1v) is 12.9. The van der Waals surface area contributed by atoms with Crippen LogP contribution in [0.25, 0.3) is 0 Å². The standard InChI is InChI=1S/C25H23F3N4O5S/c26-25(27,28)23(18-9-6-12-30-14-18)37-32-19(15-31-20-10-4-5-11-21(20)32)13-22(38(29,34)35)24(33)36-16-17-7-2-1-3-8-17/h1-12,14-15,19,22-23H,13,16H2,(H2,29,34,35). The maximum atomic E-state index is 14.1. The molecule has 0 amide bonds. The van der Waals surface area contributed by atoms with E-state index < -0.39 is 46.0 Å². The van der Waals surface area contributed by atoms with Gasteiger partial charge in [-0.1, -0.05) is 48.5 Å². The average Bonchev–Trinajstić information content (AvgIpc) is 2.89. The molecule has 1 aliphatic rings. The summed E-state index contributed by atoms with van der Waals surface area (Å²) in [6.45, 7) is -0.218. The molecule has 0 aliphatic carbocycles. The summed E-state index contributed by atoms with van der Waals surface area (Å²) >= 11 is 0. The highest BCUT2D eigenvalue weighted by molar-refractivity contribution is 7.90. The van der Waals surface area contributed by atoms with Crippen LogP contribution in [0.3, 0.4) is 0 Å². The van der Waals surface area contributed by atoms with E-state index in [1.165, 1.54) is 30.6 Å². The van der Waals surface area contributed by atoms with Gasteiger partial charge < -0.3 is 4.74 Å². The van der Waals surface area contributed by atoms with Crippen molar-refractivity contribution in [2.45, 2.75) is 36.6 Å². The second kappa shape index (κ2) is 11.3. The summed E-state index contributed by atoms with van der Waals surface area (Å²) in [6.07, 6.45) is -4.34. The molecule has 38 heavy (non-hydrogen) atoms. The summed E-state index contributed by atoms with van der Waals surface area (Å²) in [5.74, 6) is -1.15. The van der Waals surface area contributed by atoms with Crippen molar-refractivity contribution in [3.8, 4) is 0 Å². The number of esters is 1. The van der Waals surface area contributed by atoms with E-state index in [0.717, 1.165) is 11.3 Å². The van der Waals surface area contributed by atoms with Crippen LogP contribution in [-0.4, -0.2) is 43.1 Å². The Morgan fingerprint density at radius 3 is 2.42 bits per heavy atom. The molecule has 0 saturated heterocycles. The number of nitrogens with zero attached hydrogens (tertiary/aromatic N) is 3.